The number of rotatable bonds is 9. The lowest BCUT2D eigenvalue weighted by atomic mass is 9.93. The second kappa shape index (κ2) is 9.55. The molecule has 0 atom stereocenters. The zero-order valence-electron chi connectivity index (χ0n) is 12.4. The Kier molecular flexibility index (Phi) is 8.32. The third-order valence-corrected chi connectivity index (χ3v) is 4.24. The van der Waals surface area contributed by atoms with Crippen molar-refractivity contribution in [1.29, 1.82) is 0 Å². The maximum absolute atomic E-state index is 11.3. The van der Waals surface area contributed by atoms with Crippen LogP contribution >= 0.6 is 0 Å². The molecule has 0 N–H and O–H groups in total. The predicted molar refractivity (Wildman–Crippen MR) is 77.8 cm³/mol. The topological polar surface area (TPSA) is 20.3 Å². The van der Waals surface area contributed by atoms with E-state index >= 15 is 0 Å². The maximum Gasteiger partial charge on any atom is 0.133 e. The fourth-order valence-electron chi connectivity index (χ4n) is 2.86. The summed E-state index contributed by atoms with van der Waals surface area (Å²) in [6.07, 6.45) is 11.9. The Morgan fingerprint density at radius 2 is 1.56 bits per heavy atom. The molecule has 0 radical (unpaired) electrons. The minimum Gasteiger partial charge on any atom is -0.303 e. The molecule has 1 aliphatic rings. The first-order valence-electron chi connectivity index (χ1n) is 7.97. The summed E-state index contributed by atoms with van der Waals surface area (Å²) in [4.78, 5) is 13.8. The van der Waals surface area contributed by atoms with Gasteiger partial charge in [0.05, 0.1) is 0 Å². The fraction of sp³-hybridized carbons (Fsp3) is 0.938. The van der Waals surface area contributed by atoms with E-state index in [0.29, 0.717) is 11.7 Å². The van der Waals surface area contributed by atoms with E-state index in [9.17, 15) is 4.79 Å². The van der Waals surface area contributed by atoms with Crippen molar-refractivity contribution < 1.29 is 4.79 Å². The minimum absolute atomic E-state index is 0.357. The highest BCUT2D eigenvalue weighted by atomic mass is 16.1. The molecule has 0 unspecified atom stereocenters. The number of hydrogen-bond acceptors (Lipinski definition) is 2. The van der Waals surface area contributed by atoms with Crippen LogP contribution in [0.4, 0.5) is 0 Å². The van der Waals surface area contributed by atoms with Gasteiger partial charge in [-0.1, -0.05) is 45.4 Å². The van der Waals surface area contributed by atoms with Crippen molar-refractivity contribution in [3.8, 4) is 0 Å². The van der Waals surface area contributed by atoms with Crippen LogP contribution in [-0.4, -0.2) is 30.3 Å². The molecule has 18 heavy (non-hydrogen) atoms. The summed E-state index contributed by atoms with van der Waals surface area (Å²) in [5.41, 5.74) is 0. The van der Waals surface area contributed by atoms with Crippen LogP contribution in [0.5, 0.6) is 0 Å². The molecule has 0 saturated carbocycles. The van der Waals surface area contributed by atoms with Crippen molar-refractivity contribution in [1.82, 2.24) is 4.90 Å². The molecule has 0 amide bonds. The minimum atomic E-state index is 0.357. The number of piperidine rings is 1. The summed E-state index contributed by atoms with van der Waals surface area (Å²) >= 11 is 0. The summed E-state index contributed by atoms with van der Waals surface area (Å²) < 4.78 is 0. The van der Waals surface area contributed by atoms with Crippen LogP contribution < -0.4 is 0 Å². The molecule has 0 aromatic rings. The van der Waals surface area contributed by atoms with E-state index in [1.54, 1.807) is 6.92 Å². The normalized spacial score (nSPS) is 18.1. The van der Waals surface area contributed by atoms with Crippen LogP contribution in [-0.2, 0) is 4.79 Å². The fourth-order valence-corrected chi connectivity index (χ4v) is 2.86. The van der Waals surface area contributed by atoms with Gasteiger partial charge >= 0.3 is 0 Å². The van der Waals surface area contributed by atoms with Crippen molar-refractivity contribution in [2.24, 2.45) is 5.92 Å². The van der Waals surface area contributed by atoms with Gasteiger partial charge in [-0.05, 0) is 45.8 Å². The van der Waals surface area contributed by atoms with Crippen molar-refractivity contribution >= 4 is 5.78 Å². The van der Waals surface area contributed by atoms with Gasteiger partial charge < -0.3 is 4.90 Å². The Balaban J connectivity index is 1.93. The summed E-state index contributed by atoms with van der Waals surface area (Å²) in [7, 11) is 0. The highest BCUT2D eigenvalue weighted by Crippen LogP contribution is 2.18. The van der Waals surface area contributed by atoms with Gasteiger partial charge in [-0.25, -0.2) is 0 Å². The van der Waals surface area contributed by atoms with E-state index in [-0.39, 0.29) is 0 Å². The lowest BCUT2D eigenvalue weighted by molar-refractivity contribution is -0.122. The molecule has 2 heteroatoms. The quantitative estimate of drug-likeness (QED) is 0.578. The number of ketones is 1. The predicted octanol–water partition coefficient (Wildman–Crippen LogP) is 4.04. The number of hydrogen-bond donors (Lipinski definition) is 0. The van der Waals surface area contributed by atoms with Crippen LogP contribution in [0, 0.1) is 5.92 Å². The smallest absolute Gasteiger partial charge is 0.133 e. The maximum atomic E-state index is 11.3. The summed E-state index contributed by atoms with van der Waals surface area (Å²) in [5, 5.41) is 0. The molecular weight excluding hydrogens is 222 g/mol. The van der Waals surface area contributed by atoms with Crippen molar-refractivity contribution in [2.75, 3.05) is 19.6 Å². The van der Waals surface area contributed by atoms with Gasteiger partial charge in [0.15, 0.2) is 0 Å². The summed E-state index contributed by atoms with van der Waals surface area (Å²) in [6, 6.07) is 0. The zero-order valence-corrected chi connectivity index (χ0v) is 12.4. The van der Waals surface area contributed by atoms with Crippen LogP contribution in [0.2, 0.25) is 0 Å². The summed E-state index contributed by atoms with van der Waals surface area (Å²) in [5.74, 6) is 0.751. The molecule has 0 aromatic heterocycles. The van der Waals surface area contributed by atoms with Gasteiger partial charge in [0.25, 0.3) is 0 Å². The van der Waals surface area contributed by atoms with Crippen molar-refractivity contribution in [2.45, 2.75) is 71.6 Å². The van der Waals surface area contributed by atoms with Crippen molar-refractivity contribution in [3.63, 3.8) is 0 Å². The molecular formula is C16H31NO. The van der Waals surface area contributed by atoms with E-state index in [0.717, 1.165) is 25.9 Å². The summed E-state index contributed by atoms with van der Waals surface area (Å²) in [6.45, 7) is 7.54. The molecule has 0 aliphatic carbocycles. The van der Waals surface area contributed by atoms with Gasteiger partial charge in [0, 0.05) is 5.92 Å². The zero-order chi connectivity index (χ0) is 13.2. The first-order chi connectivity index (χ1) is 8.74. The Morgan fingerprint density at radius 3 is 2.11 bits per heavy atom. The van der Waals surface area contributed by atoms with E-state index in [2.05, 4.69) is 11.8 Å². The monoisotopic (exact) mass is 253 g/mol. The third kappa shape index (κ3) is 6.53. The lowest BCUT2D eigenvalue weighted by Gasteiger charge is -2.30. The Bertz CT molecular complexity index is 219. The molecule has 1 fully saturated rings. The van der Waals surface area contributed by atoms with Gasteiger partial charge in [-0.15, -0.1) is 0 Å². The molecule has 0 spiro atoms. The molecule has 1 heterocycles. The second-order valence-corrected chi connectivity index (χ2v) is 5.85. The van der Waals surface area contributed by atoms with E-state index in [1.165, 1.54) is 51.5 Å². The average Bonchev–Trinajstić information content (AvgIpc) is 2.38. The third-order valence-electron chi connectivity index (χ3n) is 4.24. The Hall–Kier alpha value is -0.370. The van der Waals surface area contributed by atoms with Crippen LogP contribution in [0.15, 0.2) is 0 Å². The van der Waals surface area contributed by atoms with E-state index in [4.69, 9.17) is 0 Å². The van der Waals surface area contributed by atoms with Gasteiger partial charge in [-0.3, -0.25) is 4.79 Å². The average molecular weight is 253 g/mol. The molecule has 1 aliphatic heterocycles. The lowest BCUT2D eigenvalue weighted by Crippen LogP contribution is -2.36. The Labute approximate surface area is 113 Å². The Morgan fingerprint density at radius 1 is 1.00 bits per heavy atom. The first kappa shape index (κ1) is 15.7. The van der Waals surface area contributed by atoms with Crippen LogP contribution in [0.3, 0.4) is 0 Å². The number of nitrogens with zero attached hydrogens (tertiary/aromatic N) is 1. The van der Waals surface area contributed by atoms with Gasteiger partial charge in [0.2, 0.25) is 0 Å². The highest BCUT2D eigenvalue weighted by Gasteiger charge is 2.21. The highest BCUT2D eigenvalue weighted by molar-refractivity contribution is 5.78. The first-order valence-corrected chi connectivity index (χ1v) is 7.97. The number of likely N-dealkylation sites (tertiary alicyclic amines) is 1. The second-order valence-electron chi connectivity index (χ2n) is 5.85. The number of carbonyl (C=O) groups excluding carboxylic acids is 1. The molecule has 0 aromatic carbocycles. The van der Waals surface area contributed by atoms with Crippen LogP contribution in [0.25, 0.3) is 0 Å². The van der Waals surface area contributed by atoms with Crippen LogP contribution in [0.1, 0.15) is 71.6 Å². The molecule has 2 nitrogen and oxygen atoms in total. The molecule has 0 bridgehead atoms. The number of unbranched alkanes of at least 4 members (excludes halogenated alkanes) is 6. The van der Waals surface area contributed by atoms with Gasteiger partial charge in [0.1, 0.15) is 5.78 Å². The molecule has 106 valence electrons. The standard InChI is InChI=1S/C16H31NO/c1-3-4-5-6-7-8-9-12-17-13-10-16(11-14-17)15(2)18/h16H,3-14H2,1-2H3. The number of carbonyl (C=O) groups is 1. The van der Waals surface area contributed by atoms with Gasteiger partial charge in [-0.2, -0.15) is 0 Å². The van der Waals surface area contributed by atoms with Crippen molar-refractivity contribution in [3.05, 3.63) is 0 Å². The van der Waals surface area contributed by atoms with E-state index in [1.807, 2.05) is 0 Å². The van der Waals surface area contributed by atoms with E-state index < -0.39 is 0 Å². The SMILES string of the molecule is CCCCCCCCCN1CCC(C(C)=O)CC1. The molecule has 1 saturated heterocycles. The largest absolute Gasteiger partial charge is 0.303 e. The molecule has 1 rings (SSSR count). The number of Topliss-reactive ketones (excluding diaryl/α,β-unsaturated/α-hetero) is 1.